The van der Waals surface area contributed by atoms with Crippen molar-refractivity contribution in [3.63, 3.8) is 0 Å². The second-order valence-corrected chi connectivity index (χ2v) is 6.37. The normalized spacial score (nSPS) is 11.5. The van der Waals surface area contributed by atoms with Gasteiger partial charge in [-0.1, -0.05) is 12.1 Å². The lowest BCUT2D eigenvalue weighted by molar-refractivity contribution is -0.115. The molecule has 0 saturated heterocycles. The first-order chi connectivity index (χ1) is 11.4. The number of nitrogens with two attached hydrogens (primary N) is 1. The molecule has 2 rings (SSSR count). The van der Waals surface area contributed by atoms with E-state index >= 15 is 0 Å². The lowest BCUT2D eigenvalue weighted by Crippen LogP contribution is -2.22. The number of aromatic carboxylic acids is 1. The number of thioether (sulfide) groups is 1. The van der Waals surface area contributed by atoms with E-state index in [-0.39, 0.29) is 11.5 Å². The summed E-state index contributed by atoms with van der Waals surface area (Å²) in [6, 6.07) is 12.7. The molecule has 0 bridgehead atoms. The number of nitrogens with one attached hydrogen (secondary N) is 1. The van der Waals surface area contributed by atoms with E-state index in [1.54, 1.807) is 37.3 Å². The van der Waals surface area contributed by atoms with Gasteiger partial charge in [0.15, 0.2) is 0 Å². The van der Waals surface area contributed by atoms with Gasteiger partial charge in [-0.2, -0.15) is 0 Å². The predicted molar refractivity (Wildman–Crippen MR) is 92.3 cm³/mol. The van der Waals surface area contributed by atoms with Crippen molar-refractivity contribution in [2.24, 2.45) is 5.73 Å². The summed E-state index contributed by atoms with van der Waals surface area (Å²) < 4.78 is 0. The largest absolute Gasteiger partial charge is 0.478 e. The van der Waals surface area contributed by atoms with Gasteiger partial charge < -0.3 is 16.2 Å². The molecule has 2 aromatic carbocycles. The van der Waals surface area contributed by atoms with Crippen molar-refractivity contribution in [2.75, 3.05) is 5.32 Å². The highest BCUT2D eigenvalue weighted by molar-refractivity contribution is 8.00. The molecule has 0 saturated carbocycles. The Balaban J connectivity index is 2.05. The van der Waals surface area contributed by atoms with Gasteiger partial charge in [0.25, 0.3) is 0 Å². The Labute approximate surface area is 143 Å². The van der Waals surface area contributed by atoms with Gasteiger partial charge in [-0.15, -0.1) is 11.8 Å². The molecule has 0 aromatic heterocycles. The average Bonchev–Trinajstić information content (AvgIpc) is 2.55. The summed E-state index contributed by atoms with van der Waals surface area (Å²) in [5, 5.41) is 11.4. The summed E-state index contributed by atoms with van der Waals surface area (Å²) in [7, 11) is 0. The van der Waals surface area contributed by atoms with Crippen molar-refractivity contribution in [2.45, 2.75) is 17.1 Å². The molecule has 0 radical (unpaired) electrons. The number of anilines is 1. The number of carbonyl (C=O) groups is 3. The molecule has 6 nitrogen and oxygen atoms in total. The summed E-state index contributed by atoms with van der Waals surface area (Å²) in [6.45, 7) is 1.69. The van der Waals surface area contributed by atoms with Crippen LogP contribution in [0.4, 0.5) is 5.69 Å². The highest BCUT2D eigenvalue weighted by Crippen LogP contribution is 2.27. The Morgan fingerprint density at radius 2 is 1.71 bits per heavy atom. The van der Waals surface area contributed by atoms with Gasteiger partial charge in [-0.05, 0) is 43.3 Å². The SMILES string of the molecule is CC(Sc1ccccc1C(=O)O)C(=O)Nc1ccc(C(N)=O)cc1. The molecule has 0 fully saturated rings. The van der Waals surface area contributed by atoms with Crippen LogP contribution in [0.25, 0.3) is 0 Å². The van der Waals surface area contributed by atoms with E-state index in [4.69, 9.17) is 5.73 Å². The maximum atomic E-state index is 12.2. The summed E-state index contributed by atoms with van der Waals surface area (Å²) in [5.74, 6) is -1.85. The fourth-order valence-electron chi connectivity index (χ4n) is 1.95. The van der Waals surface area contributed by atoms with Crippen molar-refractivity contribution >= 4 is 35.2 Å². The monoisotopic (exact) mass is 344 g/mol. The van der Waals surface area contributed by atoms with E-state index in [0.717, 1.165) is 0 Å². The molecule has 0 spiro atoms. The van der Waals surface area contributed by atoms with Crippen LogP contribution in [0.3, 0.4) is 0 Å². The minimum Gasteiger partial charge on any atom is -0.478 e. The van der Waals surface area contributed by atoms with E-state index < -0.39 is 17.1 Å². The second kappa shape index (κ2) is 7.65. The molecule has 1 atom stereocenters. The highest BCUT2D eigenvalue weighted by Gasteiger charge is 2.18. The third-order valence-electron chi connectivity index (χ3n) is 3.23. The third kappa shape index (κ3) is 4.36. The van der Waals surface area contributed by atoms with Crippen molar-refractivity contribution in [1.82, 2.24) is 0 Å². The molecular weight excluding hydrogens is 328 g/mol. The van der Waals surface area contributed by atoms with Gasteiger partial charge in [-0.3, -0.25) is 9.59 Å². The van der Waals surface area contributed by atoms with E-state index in [0.29, 0.717) is 16.1 Å². The number of carboxylic acid groups (broad SMARTS) is 1. The standard InChI is InChI=1S/C17H16N2O4S/c1-10(24-14-5-3-2-4-13(14)17(22)23)16(21)19-12-8-6-11(7-9-12)15(18)20/h2-10H,1H3,(H2,18,20)(H,19,21)(H,22,23). The Hall–Kier alpha value is -2.80. The van der Waals surface area contributed by atoms with Crippen LogP contribution in [0.5, 0.6) is 0 Å². The van der Waals surface area contributed by atoms with Crippen molar-refractivity contribution in [1.29, 1.82) is 0 Å². The van der Waals surface area contributed by atoms with Gasteiger partial charge in [0.05, 0.1) is 10.8 Å². The van der Waals surface area contributed by atoms with Crippen LogP contribution in [-0.2, 0) is 4.79 Å². The van der Waals surface area contributed by atoms with Crippen LogP contribution in [0.1, 0.15) is 27.6 Å². The Morgan fingerprint density at radius 1 is 1.08 bits per heavy atom. The molecule has 0 aliphatic carbocycles. The molecular formula is C17H16N2O4S. The molecule has 2 amide bonds. The van der Waals surface area contributed by atoms with Crippen molar-refractivity contribution in [3.8, 4) is 0 Å². The third-order valence-corrected chi connectivity index (χ3v) is 4.40. The summed E-state index contributed by atoms with van der Waals surface area (Å²) >= 11 is 1.17. The smallest absolute Gasteiger partial charge is 0.336 e. The van der Waals surface area contributed by atoms with Gasteiger partial charge in [-0.25, -0.2) is 4.79 Å². The van der Waals surface area contributed by atoms with E-state index in [1.165, 1.54) is 30.0 Å². The Bertz CT molecular complexity index is 774. The molecule has 7 heteroatoms. The number of amides is 2. The van der Waals surface area contributed by atoms with Crippen molar-refractivity contribution < 1.29 is 19.5 Å². The van der Waals surface area contributed by atoms with E-state index in [9.17, 15) is 19.5 Å². The molecule has 4 N–H and O–H groups in total. The van der Waals surface area contributed by atoms with Crippen molar-refractivity contribution in [3.05, 3.63) is 59.7 Å². The highest BCUT2D eigenvalue weighted by atomic mass is 32.2. The molecule has 1 unspecified atom stereocenters. The van der Waals surface area contributed by atoms with Crippen LogP contribution in [0.2, 0.25) is 0 Å². The van der Waals surface area contributed by atoms with Crippen LogP contribution < -0.4 is 11.1 Å². The maximum Gasteiger partial charge on any atom is 0.336 e. The van der Waals surface area contributed by atoms with Crippen LogP contribution in [0.15, 0.2) is 53.4 Å². The van der Waals surface area contributed by atoms with Gasteiger partial charge >= 0.3 is 5.97 Å². The number of primary amides is 1. The molecule has 24 heavy (non-hydrogen) atoms. The van der Waals surface area contributed by atoms with Crippen LogP contribution in [-0.4, -0.2) is 28.1 Å². The summed E-state index contributed by atoms with van der Waals surface area (Å²) in [6.07, 6.45) is 0. The maximum absolute atomic E-state index is 12.2. The average molecular weight is 344 g/mol. The zero-order valence-corrected chi connectivity index (χ0v) is 13.7. The number of benzene rings is 2. The minimum absolute atomic E-state index is 0.160. The second-order valence-electron chi connectivity index (χ2n) is 4.99. The number of carboxylic acids is 1. The molecule has 0 heterocycles. The summed E-state index contributed by atoms with van der Waals surface area (Å²) in [4.78, 5) is 35.0. The summed E-state index contributed by atoms with van der Waals surface area (Å²) in [5.41, 5.74) is 6.20. The first-order valence-electron chi connectivity index (χ1n) is 7.08. The number of hydrogen-bond acceptors (Lipinski definition) is 4. The Morgan fingerprint density at radius 3 is 2.29 bits per heavy atom. The van der Waals surface area contributed by atoms with Crippen LogP contribution >= 0.6 is 11.8 Å². The molecule has 124 valence electrons. The quantitative estimate of drug-likeness (QED) is 0.698. The van der Waals surface area contributed by atoms with Crippen LogP contribution in [0, 0.1) is 0 Å². The van der Waals surface area contributed by atoms with Gasteiger partial charge in [0.1, 0.15) is 0 Å². The lowest BCUT2D eigenvalue weighted by Gasteiger charge is -2.13. The zero-order valence-electron chi connectivity index (χ0n) is 12.9. The van der Waals surface area contributed by atoms with E-state index in [2.05, 4.69) is 5.32 Å². The topological polar surface area (TPSA) is 109 Å². The first-order valence-corrected chi connectivity index (χ1v) is 7.96. The number of rotatable bonds is 6. The Kier molecular flexibility index (Phi) is 5.59. The first kappa shape index (κ1) is 17.6. The molecule has 0 aliphatic rings. The number of hydrogen-bond donors (Lipinski definition) is 3. The molecule has 0 aliphatic heterocycles. The van der Waals surface area contributed by atoms with E-state index in [1.807, 2.05) is 0 Å². The lowest BCUT2D eigenvalue weighted by atomic mass is 10.2. The zero-order chi connectivity index (χ0) is 17.7. The fourth-order valence-corrected chi connectivity index (χ4v) is 2.94. The van der Waals surface area contributed by atoms with Gasteiger partial charge in [0.2, 0.25) is 11.8 Å². The number of carbonyl (C=O) groups excluding carboxylic acids is 2. The molecule has 2 aromatic rings. The minimum atomic E-state index is -1.03. The van der Waals surface area contributed by atoms with Gasteiger partial charge in [0, 0.05) is 16.1 Å². The fraction of sp³-hybridized carbons (Fsp3) is 0.118. The predicted octanol–water partition coefficient (Wildman–Crippen LogP) is 2.60.